The molecule has 33 heavy (non-hydrogen) atoms. The first-order valence-corrected chi connectivity index (χ1v) is 15.3. The number of rotatable bonds is 8. The van der Waals surface area contributed by atoms with Crippen LogP contribution >= 0.6 is 20.8 Å². The molecule has 0 aliphatic heterocycles. The Balaban J connectivity index is 1.70. The van der Waals surface area contributed by atoms with Crippen LogP contribution in [0.4, 0.5) is 0 Å². The molecule has 0 heterocycles. The molecule has 4 aromatic rings. The van der Waals surface area contributed by atoms with Crippen LogP contribution in [0, 0.1) is 0 Å². The molecule has 3 nitrogen and oxygen atoms in total. The van der Waals surface area contributed by atoms with Crippen molar-refractivity contribution in [1.82, 2.24) is 0 Å². The molecule has 0 bridgehead atoms. The van der Waals surface area contributed by atoms with E-state index in [4.69, 9.17) is 4.74 Å². The third-order valence-corrected chi connectivity index (χ3v) is 16.0. The van der Waals surface area contributed by atoms with E-state index in [1.165, 1.54) is 22.0 Å². The van der Waals surface area contributed by atoms with Gasteiger partial charge in [0.2, 0.25) is 0 Å². The van der Waals surface area contributed by atoms with Gasteiger partial charge in [-0.3, -0.25) is 0 Å². The summed E-state index contributed by atoms with van der Waals surface area (Å²) in [7, 11) is 0. The Morgan fingerprint density at radius 2 is 1.12 bits per heavy atom. The average Bonchev–Trinajstić information content (AvgIpc) is 2.88. The van der Waals surface area contributed by atoms with Gasteiger partial charge in [-0.25, -0.2) is 0 Å². The number of hydrogen-bond donors (Lipinski definition) is 1. The molecule has 0 fully saturated rings. The first kappa shape index (κ1) is 23.2. The van der Waals surface area contributed by atoms with E-state index in [0.717, 1.165) is 6.16 Å². The molecule has 0 spiro atoms. The molecule has 168 valence electrons. The van der Waals surface area contributed by atoms with E-state index in [0.29, 0.717) is 6.42 Å². The van der Waals surface area contributed by atoms with Gasteiger partial charge in [-0.1, -0.05) is 0 Å². The van der Waals surface area contributed by atoms with Gasteiger partial charge in [0.15, 0.2) is 0 Å². The number of benzene rings is 4. The predicted octanol–water partition coefficient (Wildman–Crippen LogP) is 5.78. The summed E-state index contributed by atoms with van der Waals surface area (Å²) in [4.78, 5) is 12.5. The molecule has 0 aromatic heterocycles. The van der Waals surface area contributed by atoms with Crippen molar-refractivity contribution in [3.63, 3.8) is 0 Å². The quantitative estimate of drug-likeness (QED) is 0.182. The summed E-state index contributed by atoms with van der Waals surface area (Å²) in [6.45, 7) is 0.253. The van der Waals surface area contributed by atoms with Gasteiger partial charge in [-0.15, -0.1) is 0 Å². The average molecular weight is 521 g/mol. The fourth-order valence-corrected chi connectivity index (χ4v) is 12.0. The summed E-state index contributed by atoms with van der Waals surface area (Å²) in [6.07, 6.45) is 1.43. The van der Waals surface area contributed by atoms with Crippen LogP contribution in [0.5, 0.6) is 5.75 Å². The number of phenolic OH excluding ortho intramolecular Hbond substituents is 1. The first-order valence-electron chi connectivity index (χ1n) is 10.9. The number of hydrogen-bond acceptors (Lipinski definition) is 3. The first-order chi connectivity index (χ1) is 16.0. The van der Waals surface area contributed by atoms with Gasteiger partial charge >= 0.3 is 203 Å². The van der Waals surface area contributed by atoms with Gasteiger partial charge in [0.1, 0.15) is 0 Å². The topological polar surface area (TPSA) is 46.5 Å². The molecule has 0 radical (unpaired) electrons. The van der Waals surface area contributed by atoms with Gasteiger partial charge in [0.05, 0.1) is 0 Å². The van der Waals surface area contributed by atoms with E-state index in [1.807, 2.05) is 18.2 Å². The Labute approximate surface area is 202 Å². The number of ether oxygens (including phenoxy) is 1. The molecular formula is C28H26BrO3P. The predicted molar refractivity (Wildman–Crippen MR) is 142 cm³/mol. The fourth-order valence-electron chi connectivity index (χ4n) is 4.30. The Hall–Kier alpha value is -2.94. The van der Waals surface area contributed by atoms with Crippen molar-refractivity contribution in [2.45, 2.75) is 6.42 Å². The zero-order valence-corrected chi connectivity index (χ0v) is 20.7. The third kappa shape index (κ3) is 4.46. The molecule has 4 rings (SSSR count). The number of esters is 1. The number of para-hydroxylation sites is 1. The summed E-state index contributed by atoms with van der Waals surface area (Å²) in [5, 5.41) is 10.6. The SMILES string of the molecule is O=C(OCCCP(Br)(c1ccccc1)(c1ccccc1)c1ccccc1)c1ccccc1O. The maximum atomic E-state index is 12.5. The van der Waals surface area contributed by atoms with Crippen LogP contribution in [0.2, 0.25) is 0 Å². The van der Waals surface area contributed by atoms with E-state index >= 15 is 0 Å². The summed E-state index contributed by atoms with van der Waals surface area (Å²) in [6, 6.07) is 38.1. The van der Waals surface area contributed by atoms with Crippen LogP contribution in [0.3, 0.4) is 0 Å². The second-order valence-electron chi connectivity index (χ2n) is 7.92. The van der Waals surface area contributed by atoms with Crippen molar-refractivity contribution < 1.29 is 14.6 Å². The Bertz CT molecular complexity index is 1110. The molecule has 0 saturated heterocycles. The number of phenols is 1. The van der Waals surface area contributed by atoms with E-state index in [1.54, 1.807) is 18.2 Å². The minimum absolute atomic E-state index is 0.0690. The molecule has 5 heteroatoms. The third-order valence-electron chi connectivity index (χ3n) is 5.96. The van der Waals surface area contributed by atoms with Gasteiger partial charge in [-0.2, -0.15) is 0 Å². The summed E-state index contributed by atoms with van der Waals surface area (Å²) in [5.74, 6) is -0.581. The molecule has 0 amide bonds. The van der Waals surface area contributed by atoms with Crippen molar-refractivity contribution in [2.24, 2.45) is 0 Å². The van der Waals surface area contributed by atoms with Crippen LogP contribution in [0.25, 0.3) is 0 Å². The van der Waals surface area contributed by atoms with Crippen LogP contribution in [0.15, 0.2) is 115 Å². The zero-order chi connectivity index (χ0) is 23.2. The normalized spacial score (nSPS) is 12.5. The van der Waals surface area contributed by atoms with Crippen molar-refractivity contribution >= 4 is 42.7 Å². The summed E-state index contributed by atoms with van der Waals surface area (Å²) < 4.78 is 5.56. The van der Waals surface area contributed by atoms with Crippen molar-refractivity contribution in [2.75, 3.05) is 12.8 Å². The van der Waals surface area contributed by atoms with E-state index in [2.05, 4.69) is 88.3 Å². The second-order valence-corrected chi connectivity index (χ2v) is 17.0. The van der Waals surface area contributed by atoms with E-state index in [9.17, 15) is 9.90 Å². The summed E-state index contributed by atoms with van der Waals surface area (Å²) in [5.41, 5.74) is 0.183. The van der Waals surface area contributed by atoms with Crippen molar-refractivity contribution in [1.29, 1.82) is 0 Å². The molecule has 4 aromatic carbocycles. The Morgan fingerprint density at radius 1 is 0.697 bits per heavy atom. The van der Waals surface area contributed by atoms with Gasteiger partial charge in [0.25, 0.3) is 0 Å². The second kappa shape index (κ2) is 9.91. The molecule has 0 unspecified atom stereocenters. The zero-order valence-electron chi connectivity index (χ0n) is 18.2. The van der Waals surface area contributed by atoms with Crippen LogP contribution in [-0.4, -0.2) is 23.8 Å². The number of carbonyl (C=O) groups excluding carboxylic acids is 1. The van der Waals surface area contributed by atoms with Crippen LogP contribution < -0.4 is 15.9 Å². The van der Waals surface area contributed by atoms with Crippen molar-refractivity contribution in [3.8, 4) is 5.75 Å². The van der Waals surface area contributed by atoms with E-state index < -0.39 is 11.3 Å². The molecule has 0 aliphatic carbocycles. The monoisotopic (exact) mass is 520 g/mol. The van der Waals surface area contributed by atoms with Crippen LogP contribution in [-0.2, 0) is 4.74 Å². The molecule has 1 N–H and O–H groups in total. The standard InChI is InChI=1S/C28H26BrO3P/c29-33(23-13-4-1-5-14-23,24-15-6-2-7-16-24,25-17-8-3-9-18-25)22-12-21-32-28(31)26-19-10-11-20-27(26)30/h1-11,13-20,30H,12,21-22H2. The van der Waals surface area contributed by atoms with Crippen molar-refractivity contribution in [3.05, 3.63) is 121 Å². The number of halogens is 1. The van der Waals surface area contributed by atoms with Gasteiger partial charge in [-0.05, 0) is 0 Å². The Morgan fingerprint density at radius 3 is 1.58 bits per heavy atom. The van der Waals surface area contributed by atoms with E-state index in [-0.39, 0.29) is 17.9 Å². The minimum atomic E-state index is -3.03. The molecular weight excluding hydrogens is 495 g/mol. The molecule has 0 saturated carbocycles. The molecule has 0 atom stereocenters. The van der Waals surface area contributed by atoms with Gasteiger partial charge < -0.3 is 0 Å². The number of carbonyl (C=O) groups is 1. The molecule has 0 aliphatic rings. The Kier molecular flexibility index (Phi) is 6.97. The maximum absolute atomic E-state index is 12.5. The summed E-state index contributed by atoms with van der Waals surface area (Å²) >= 11 is 4.39. The van der Waals surface area contributed by atoms with Crippen LogP contribution in [0.1, 0.15) is 16.8 Å². The van der Waals surface area contributed by atoms with Gasteiger partial charge in [0, 0.05) is 0 Å². The fraction of sp³-hybridized carbons (Fsp3) is 0.107. The number of aromatic hydroxyl groups is 1.